The van der Waals surface area contributed by atoms with Crippen molar-refractivity contribution < 1.29 is 44.4 Å². The number of rotatable bonds is 0. The molecule has 1 rings (SSSR count). The largest absolute Gasteiger partial charge is 1.00 e. The Bertz CT molecular complexity index is 176. The summed E-state index contributed by atoms with van der Waals surface area (Å²) >= 11 is 0. The predicted molar refractivity (Wildman–Crippen MR) is 35.3 cm³/mol. The molecular weight excluding hydrogens is 329 g/mol. The molecule has 0 amide bonds. The van der Waals surface area contributed by atoms with E-state index in [4.69, 9.17) is 0 Å². The molecule has 0 aromatic carbocycles. The molecule has 0 bridgehead atoms. The summed E-state index contributed by atoms with van der Waals surface area (Å²) in [6.45, 7) is 4.15. The van der Waals surface area contributed by atoms with E-state index in [0.717, 1.165) is 0 Å². The van der Waals surface area contributed by atoms with Gasteiger partial charge in [0.1, 0.15) is 0 Å². The maximum Gasteiger partial charge on any atom is 0.0243 e. The van der Waals surface area contributed by atoms with E-state index < -0.39 is 0 Å². The molecule has 0 aliphatic heterocycles. The molecule has 0 saturated heterocycles. The van der Waals surface area contributed by atoms with Crippen LogP contribution in [0.2, 0.25) is 0 Å². The first-order valence-corrected chi connectivity index (χ1v) is 2.73. The van der Waals surface area contributed by atoms with Crippen molar-refractivity contribution >= 4 is 0 Å². The van der Waals surface area contributed by atoms with Crippen LogP contribution in [0.1, 0.15) is 13.8 Å². The zero-order valence-electron chi connectivity index (χ0n) is 5.93. The third kappa shape index (κ3) is 4.47. The fraction of sp³-hybridized carbons (Fsp3) is 0.250. The van der Waals surface area contributed by atoms with E-state index in [-0.39, 0.29) is 44.4 Å². The van der Waals surface area contributed by atoms with Crippen LogP contribution in [-0.2, 0) is 20.4 Å². The van der Waals surface area contributed by atoms with Crippen LogP contribution >= 0.6 is 0 Å². The van der Waals surface area contributed by atoms with Crippen molar-refractivity contribution in [3.8, 4) is 0 Å². The molecule has 0 fully saturated rings. The summed E-state index contributed by atoms with van der Waals surface area (Å²) < 4.78 is 0. The van der Waals surface area contributed by atoms with E-state index in [0.29, 0.717) is 0 Å². The molecule has 0 heterocycles. The van der Waals surface area contributed by atoms with E-state index in [9.17, 15) is 0 Å². The fourth-order valence-corrected chi connectivity index (χ4v) is 0.747. The molecule has 10 heavy (non-hydrogen) atoms. The van der Waals surface area contributed by atoms with Crippen LogP contribution in [0.25, 0.3) is 0 Å². The van der Waals surface area contributed by atoms with Gasteiger partial charge in [0.15, 0.2) is 0 Å². The van der Waals surface area contributed by atoms with Gasteiger partial charge in [-0.2, -0.15) is 0 Å². The van der Waals surface area contributed by atoms with Gasteiger partial charge in [-0.3, -0.25) is 0 Å². The van der Waals surface area contributed by atoms with Gasteiger partial charge in [0.25, 0.3) is 0 Å². The van der Waals surface area contributed by atoms with Gasteiger partial charge in [-0.15, -0.1) is 5.73 Å². The minimum atomic E-state index is 0. The van der Waals surface area contributed by atoms with Crippen LogP contribution < -0.4 is 24.0 Å². The van der Waals surface area contributed by atoms with Crippen molar-refractivity contribution in [3.63, 3.8) is 0 Å². The molecule has 0 saturated carbocycles. The minimum absolute atomic E-state index is 0. The molecule has 0 atom stereocenters. The Labute approximate surface area is 93.1 Å². The third-order valence-electron chi connectivity index (χ3n) is 1.08. The Hall–Kier alpha value is 0.652. The second-order valence-corrected chi connectivity index (χ2v) is 2.09. The molecule has 2 heteroatoms. The zero-order valence-corrected chi connectivity index (χ0v) is 9.64. The van der Waals surface area contributed by atoms with Gasteiger partial charge in [0.05, 0.1) is 0 Å². The fourth-order valence-electron chi connectivity index (χ4n) is 0.747. The molecule has 0 aromatic heterocycles. The monoisotopic (exact) mass is 338 g/mol. The van der Waals surface area contributed by atoms with Gasteiger partial charge in [-0.05, 0) is 24.6 Å². The van der Waals surface area contributed by atoms with Gasteiger partial charge in [-0.25, -0.2) is 0 Å². The molecule has 59 valence electrons. The van der Waals surface area contributed by atoms with Crippen LogP contribution in [0.15, 0.2) is 29.5 Å². The Morgan fingerprint density at radius 1 is 1.20 bits per heavy atom. The maximum absolute atomic E-state index is 3.03. The second-order valence-electron chi connectivity index (χ2n) is 2.09. The third-order valence-corrected chi connectivity index (χ3v) is 1.08. The zero-order chi connectivity index (χ0) is 5.98. The van der Waals surface area contributed by atoms with Crippen molar-refractivity contribution in [2.45, 2.75) is 13.8 Å². The molecule has 0 unspecified atom stereocenters. The first kappa shape index (κ1) is 13.3. The van der Waals surface area contributed by atoms with E-state index in [1.807, 2.05) is 12.2 Å². The topological polar surface area (TPSA) is 0 Å². The van der Waals surface area contributed by atoms with Crippen molar-refractivity contribution in [2.75, 3.05) is 0 Å². The molecular formula is C8H9IPd-. The molecule has 1 radical (unpaired) electrons. The molecule has 0 N–H and O–H groups in total. The van der Waals surface area contributed by atoms with Crippen LogP contribution in [0, 0.1) is 5.92 Å². The normalized spacial score (nSPS) is 15.2. The van der Waals surface area contributed by atoms with Crippen molar-refractivity contribution in [3.05, 3.63) is 35.5 Å². The standard InChI is InChI=1S/C8H9.HI.Pd/c1-7-4-3-5-8(2)6-7;;/h4-6H,1-2H3;1H;/p-1. The SMILES string of the molecule is C[C]1C=C=CC(C)=C1.[I-].[Pd]. The number of hydrogen-bond acceptors (Lipinski definition) is 0. The number of allylic oxidation sites excluding steroid dienone is 3. The van der Waals surface area contributed by atoms with Crippen molar-refractivity contribution in [1.82, 2.24) is 0 Å². The van der Waals surface area contributed by atoms with Gasteiger partial charge in [-0.1, -0.05) is 13.0 Å². The summed E-state index contributed by atoms with van der Waals surface area (Å²) in [6.07, 6.45) is 6.09. The Balaban J connectivity index is 0. The van der Waals surface area contributed by atoms with Gasteiger partial charge in [0, 0.05) is 26.3 Å². The summed E-state index contributed by atoms with van der Waals surface area (Å²) in [5, 5.41) is 0. The van der Waals surface area contributed by atoms with Gasteiger partial charge < -0.3 is 24.0 Å². The van der Waals surface area contributed by atoms with E-state index >= 15 is 0 Å². The number of halogens is 1. The Morgan fingerprint density at radius 2 is 1.80 bits per heavy atom. The summed E-state index contributed by atoms with van der Waals surface area (Å²) in [5.74, 6) is 1.28. The summed E-state index contributed by atoms with van der Waals surface area (Å²) in [6, 6.07) is 0. The Kier molecular flexibility index (Phi) is 8.44. The summed E-state index contributed by atoms with van der Waals surface area (Å²) in [7, 11) is 0. The number of hydrogen-bond donors (Lipinski definition) is 0. The average molecular weight is 338 g/mol. The Morgan fingerprint density at radius 3 is 2.10 bits per heavy atom. The van der Waals surface area contributed by atoms with Gasteiger partial charge >= 0.3 is 0 Å². The van der Waals surface area contributed by atoms with E-state index in [2.05, 4.69) is 25.7 Å². The van der Waals surface area contributed by atoms with Crippen molar-refractivity contribution in [1.29, 1.82) is 0 Å². The molecule has 0 spiro atoms. The molecule has 1 aliphatic carbocycles. The quantitative estimate of drug-likeness (QED) is 0.310. The summed E-state index contributed by atoms with van der Waals surface area (Å²) in [4.78, 5) is 0. The van der Waals surface area contributed by atoms with Gasteiger partial charge in [0.2, 0.25) is 0 Å². The van der Waals surface area contributed by atoms with Crippen LogP contribution in [0.3, 0.4) is 0 Å². The molecule has 0 nitrogen and oxygen atoms in total. The smallest absolute Gasteiger partial charge is 0.0243 e. The van der Waals surface area contributed by atoms with Crippen LogP contribution in [-0.4, -0.2) is 0 Å². The first-order valence-electron chi connectivity index (χ1n) is 2.73. The molecule has 0 aromatic rings. The summed E-state index contributed by atoms with van der Waals surface area (Å²) in [5.41, 5.74) is 4.31. The van der Waals surface area contributed by atoms with Crippen LogP contribution in [0.4, 0.5) is 0 Å². The second kappa shape index (κ2) is 6.37. The minimum Gasteiger partial charge on any atom is -1.00 e. The average Bonchev–Trinajstić information content (AvgIpc) is 1.64. The predicted octanol–water partition coefficient (Wildman–Crippen LogP) is -0.747. The van der Waals surface area contributed by atoms with Crippen molar-refractivity contribution in [2.24, 2.45) is 0 Å². The maximum atomic E-state index is 3.03. The van der Waals surface area contributed by atoms with E-state index in [1.54, 1.807) is 0 Å². The molecule has 1 aliphatic rings. The van der Waals surface area contributed by atoms with E-state index in [1.165, 1.54) is 11.5 Å². The van der Waals surface area contributed by atoms with Crippen LogP contribution in [0.5, 0.6) is 0 Å². The first-order chi connectivity index (χ1) is 3.79.